The molecule has 7 aromatic rings. The van der Waals surface area contributed by atoms with Crippen LogP contribution in [0.5, 0.6) is 34.5 Å². The van der Waals surface area contributed by atoms with E-state index in [0.29, 0.717) is 118 Å². The van der Waals surface area contributed by atoms with Crippen molar-refractivity contribution in [2.45, 2.75) is 123 Å². The van der Waals surface area contributed by atoms with E-state index < -0.39 is 47.5 Å². The zero-order valence-corrected chi connectivity index (χ0v) is 50.9. The van der Waals surface area contributed by atoms with Crippen molar-refractivity contribution >= 4 is 63.3 Å². The van der Waals surface area contributed by atoms with Crippen molar-refractivity contribution in [1.82, 2.24) is 14.8 Å². The Kier molecular flexibility index (Phi) is 23.9. The van der Waals surface area contributed by atoms with Crippen LogP contribution in [0.4, 0.5) is 5.69 Å². The fourth-order valence-corrected chi connectivity index (χ4v) is 11.2. The number of aryl methyl sites for hydroxylation is 1. The van der Waals surface area contributed by atoms with Crippen molar-refractivity contribution in [3.63, 3.8) is 0 Å². The number of benzene rings is 5. The first-order valence-corrected chi connectivity index (χ1v) is 31.2. The molecule has 2 fully saturated rings. The van der Waals surface area contributed by atoms with Crippen molar-refractivity contribution in [1.29, 1.82) is 0 Å². The molecule has 2 aliphatic carbocycles. The fourth-order valence-electron chi connectivity index (χ4n) is 11.2. The molecule has 2 aliphatic rings. The van der Waals surface area contributed by atoms with Crippen molar-refractivity contribution in [2.24, 2.45) is 33.9 Å². The molecule has 2 aromatic heterocycles. The van der Waals surface area contributed by atoms with E-state index in [1.165, 1.54) is 6.20 Å². The van der Waals surface area contributed by atoms with Gasteiger partial charge in [-0.1, -0.05) is 37.4 Å². The number of carbonyl (C=O) groups is 6. The number of para-hydroxylation sites is 1. The number of carbonyl (C=O) groups excluding carboxylic acids is 6. The van der Waals surface area contributed by atoms with E-state index in [2.05, 4.69) is 69.3 Å². The molecule has 2 heterocycles. The van der Waals surface area contributed by atoms with Crippen LogP contribution in [0, 0.1) is 23.7 Å². The van der Waals surface area contributed by atoms with Gasteiger partial charge in [0.15, 0.2) is 0 Å². The molecular formula is C71H77N5O14. The number of hydrogen-bond donors (Lipinski definition) is 0. The monoisotopic (exact) mass is 1220 g/mol. The Morgan fingerprint density at radius 2 is 0.978 bits per heavy atom. The third-order valence-corrected chi connectivity index (χ3v) is 16.2. The Bertz CT molecular complexity index is 3640. The summed E-state index contributed by atoms with van der Waals surface area (Å²) >= 11 is 0. The highest BCUT2D eigenvalue weighted by Gasteiger charge is 2.34. The largest absolute Gasteiger partial charge is 0.494 e. The molecule has 0 radical (unpaired) electrons. The van der Waals surface area contributed by atoms with Gasteiger partial charge in [-0.2, -0.15) is 20.4 Å². The van der Waals surface area contributed by atoms with Crippen LogP contribution in [-0.4, -0.2) is 77.0 Å². The highest BCUT2D eigenvalue weighted by Crippen LogP contribution is 2.37. The topological polar surface area (TPSA) is 232 Å². The summed E-state index contributed by atoms with van der Waals surface area (Å²) in [7, 11) is 0. The summed E-state index contributed by atoms with van der Waals surface area (Å²) in [6.07, 6.45) is 14.1. The zero-order valence-electron chi connectivity index (χ0n) is 50.9. The Balaban J connectivity index is 0.781. The highest BCUT2D eigenvalue weighted by molar-refractivity contribution is 6.09. The lowest BCUT2D eigenvalue weighted by molar-refractivity contribution is -0.145. The molecule has 0 bridgehead atoms. The number of unbranched alkanes of at least 4 members (excludes halogenated alkanes) is 6. The van der Waals surface area contributed by atoms with Crippen molar-refractivity contribution in [2.75, 3.05) is 26.4 Å². The van der Waals surface area contributed by atoms with Crippen LogP contribution in [0.3, 0.4) is 0 Å². The molecule has 90 heavy (non-hydrogen) atoms. The van der Waals surface area contributed by atoms with Gasteiger partial charge >= 0.3 is 35.8 Å². The molecule has 0 atom stereocenters. The number of ether oxygens (including phenoxy) is 8. The number of nitrogens with zero attached hydrogens (tertiary/aromatic N) is 5. The third kappa shape index (κ3) is 18.5. The summed E-state index contributed by atoms with van der Waals surface area (Å²) < 4.78 is 47.5. The summed E-state index contributed by atoms with van der Waals surface area (Å²) in [5, 5.41) is 20.0. The number of hydrogen-bond acceptors (Lipinski definition) is 18. The predicted octanol–water partition coefficient (Wildman–Crippen LogP) is 14.5. The van der Waals surface area contributed by atoms with Gasteiger partial charge in [0.2, 0.25) is 0 Å². The maximum Gasteiger partial charge on any atom is 0.330 e. The molecule has 19 nitrogen and oxygen atoms in total. The third-order valence-electron chi connectivity index (χ3n) is 16.2. The van der Waals surface area contributed by atoms with Gasteiger partial charge in [0.25, 0.3) is 0 Å². The van der Waals surface area contributed by atoms with E-state index in [-0.39, 0.29) is 30.0 Å². The normalized spacial score (nSPS) is 16.4. The number of rotatable bonds is 31. The van der Waals surface area contributed by atoms with Gasteiger partial charge in [-0.05, 0) is 201 Å². The first kappa shape index (κ1) is 64.9. The molecule has 0 aliphatic heterocycles. The molecule has 0 N–H and O–H groups in total. The SMILES string of the molecule is C=CC(=O)OCCCCCCOc1ccc(OC(=O)C2CCC(C(=O)Oc3ccc(OC(=O)C4CCC(C(=O)Oc5ccc(OCCCCCCOC(=O)C=C)cc5)CC4)c(CN=Nc4cnnc(-c5ccc6c(c5)c5ccccc5n6CC)c4)c3)CC2)cc1. The summed E-state index contributed by atoms with van der Waals surface area (Å²) in [5.41, 5.74) is 4.64. The minimum atomic E-state index is -0.485. The standard InChI is InChI=1S/C71H77N5O14/c1-4-66(77)85-41-15-9-7-13-39-83-55-28-32-57(33-29-55)87-68(79)48-19-21-50(22-20-48)70(81)89-59-36-38-65(53(43-59)46-72-74-54-45-62(75-73-47-54)52-27-37-64-61(44-52)60-17-11-12-18-63(60)76(64)6-3)90-71(82)51-25-23-49(24-26-51)69(80)88-58-34-30-56(31-35-58)84-40-14-8-10-16-42-86-67(78)5-2/h4-5,11-12,17-18,27-38,43-45,47-51H,1-2,6-10,13-16,19-26,39-42,46H2,3H3. The second kappa shape index (κ2) is 33.2. The molecule has 0 amide bonds. The lowest BCUT2D eigenvalue weighted by Crippen LogP contribution is -2.30. The highest BCUT2D eigenvalue weighted by atomic mass is 16.6. The number of aromatic nitrogens is 3. The van der Waals surface area contributed by atoms with Gasteiger partial charge in [-0.3, -0.25) is 19.2 Å². The first-order valence-electron chi connectivity index (χ1n) is 31.2. The average Bonchev–Trinajstić information content (AvgIpc) is 1.63. The van der Waals surface area contributed by atoms with Gasteiger partial charge in [0.1, 0.15) is 40.2 Å². The Morgan fingerprint density at radius 3 is 1.50 bits per heavy atom. The molecule has 0 spiro atoms. The lowest BCUT2D eigenvalue weighted by atomic mass is 9.82. The summed E-state index contributed by atoms with van der Waals surface area (Å²) in [5.74, 6) is -1.65. The Labute approximate surface area is 523 Å². The van der Waals surface area contributed by atoms with E-state index in [1.54, 1.807) is 72.8 Å². The number of fused-ring (bicyclic) bond motifs is 3. The first-order chi connectivity index (χ1) is 43.9. The van der Waals surface area contributed by atoms with E-state index in [1.807, 2.05) is 18.2 Å². The molecular weight excluding hydrogens is 1150 g/mol. The second-order valence-corrected chi connectivity index (χ2v) is 22.5. The molecule has 2 saturated carbocycles. The predicted molar refractivity (Wildman–Crippen MR) is 337 cm³/mol. The second-order valence-electron chi connectivity index (χ2n) is 22.5. The summed E-state index contributed by atoms with van der Waals surface area (Å²) in [6, 6.07) is 34.9. The molecule has 470 valence electrons. The van der Waals surface area contributed by atoms with Crippen LogP contribution >= 0.6 is 0 Å². The van der Waals surface area contributed by atoms with Crippen molar-refractivity contribution in [3.8, 4) is 45.8 Å². The van der Waals surface area contributed by atoms with Gasteiger partial charge < -0.3 is 42.5 Å². The van der Waals surface area contributed by atoms with Crippen LogP contribution in [0.1, 0.15) is 115 Å². The summed E-state index contributed by atoms with van der Waals surface area (Å²) in [6.45, 7) is 11.5. The van der Waals surface area contributed by atoms with Crippen LogP contribution in [0.25, 0.3) is 33.1 Å². The minimum absolute atomic E-state index is 0.0556. The molecule has 0 saturated heterocycles. The van der Waals surface area contributed by atoms with E-state index in [4.69, 9.17) is 37.9 Å². The molecule has 9 rings (SSSR count). The van der Waals surface area contributed by atoms with E-state index in [9.17, 15) is 28.8 Å². The van der Waals surface area contributed by atoms with Crippen LogP contribution < -0.4 is 28.4 Å². The lowest BCUT2D eigenvalue weighted by Gasteiger charge is -2.26. The smallest absolute Gasteiger partial charge is 0.330 e. The molecule has 19 heteroatoms. The van der Waals surface area contributed by atoms with Crippen molar-refractivity contribution < 1.29 is 66.7 Å². The van der Waals surface area contributed by atoms with Crippen LogP contribution in [0.15, 0.2) is 157 Å². The average molecular weight is 1220 g/mol. The fraction of sp³-hybridized carbons (Fsp3) is 0.380. The van der Waals surface area contributed by atoms with E-state index >= 15 is 0 Å². The van der Waals surface area contributed by atoms with Gasteiger partial charge in [-0.15, -0.1) is 0 Å². The van der Waals surface area contributed by atoms with Gasteiger partial charge in [0.05, 0.1) is 68.5 Å². The summed E-state index contributed by atoms with van der Waals surface area (Å²) in [4.78, 5) is 76.6. The van der Waals surface area contributed by atoms with E-state index in [0.717, 1.165) is 97.4 Å². The van der Waals surface area contributed by atoms with Gasteiger partial charge in [0, 0.05) is 51.6 Å². The van der Waals surface area contributed by atoms with Crippen molar-refractivity contribution in [3.05, 3.63) is 152 Å². The number of azo groups is 1. The van der Waals surface area contributed by atoms with Crippen LogP contribution in [0.2, 0.25) is 0 Å². The van der Waals surface area contributed by atoms with Crippen LogP contribution in [-0.2, 0) is 51.3 Å². The zero-order chi connectivity index (χ0) is 63.0. The minimum Gasteiger partial charge on any atom is -0.494 e. The number of esters is 6. The quantitative estimate of drug-likeness (QED) is 0.0129. The maximum absolute atomic E-state index is 13.9. The molecule has 0 unspecified atom stereocenters. The van der Waals surface area contributed by atoms with Gasteiger partial charge in [-0.25, -0.2) is 9.59 Å². The Hall–Kier alpha value is -9.52. The molecule has 5 aromatic carbocycles. The maximum atomic E-state index is 13.9. The Morgan fingerprint density at radius 1 is 0.511 bits per heavy atom.